The van der Waals surface area contributed by atoms with Crippen LogP contribution in [-0.4, -0.2) is 71.5 Å². The van der Waals surface area contributed by atoms with E-state index in [1.54, 1.807) is 6.20 Å². The molecule has 0 spiro atoms. The minimum absolute atomic E-state index is 0.0942. The highest BCUT2D eigenvalue weighted by Crippen LogP contribution is 2.17. The number of carbonyl (C=O) groups is 1. The van der Waals surface area contributed by atoms with Crippen LogP contribution in [0.1, 0.15) is 48.7 Å². The van der Waals surface area contributed by atoms with Gasteiger partial charge in [0.25, 0.3) is 5.91 Å². The highest BCUT2D eigenvalue weighted by Gasteiger charge is 2.22. The van der Waals surface area contributed by atoms with E-state index in [-0.39, 0.29) is 5.91 Å². The van der Waals surface area contributed by atoms with Crippen molar-refractivity contribution in [2.75, 3.05) is 50.7 Å². The molecule has 0 unspecified atom stereocenters. The number of aromatic nitrogens is 2. The number of hydrogen-bond donors (Lipinski definition) is 0. The Hall–Kier alpha value is -1.69. The van der Waals surface area contributed by atoms with Crippen molar-refractivity contribution in [1.82, 2.24) is 19.8 Å². The highest BCUT2D eigenvalue weighted by atomic mass is 16.2. The molecule has 2 aliphatic rings. The number of rotatable bonds is 3. The molecule has 6 nitrogen and oxygen atoms in total. The second-order valence-electron chi connectivity index (χ2n) is 6.80. The van der Waals surface area contributed by atoms with Gasteiger partial charge >= 0.3 is 0 Å². The molecule has 1 amide bonds. The lowest BCUT2D eigenvalue weighted by molar-refractivity contribution is 0.0760. The lowest BCUT2D eigenvalue weighted by atomic mass is 10.2. The van der Waals surface area contributed by atoms with Crippen molar-refractivity contribution in [2.24, 2.45) is 0 Å². The van der Waals surface area contributed by atoms with Crippen molar-refractivity contribution in [1.29, 1.82) is 0 Å². The summed E-state index contributed by atoms with van der Waals surface area (Å²) in [4.78, 5) is 28.5. The fourth-order valence-corrected chi connectivity index (χ4v) is 3.53. The van der Waals surface area contributed by atoms with Crippen molar-refractivity contribution >= 4 is 11.9 Å². The van der Waals surface area contributed by atoms with E-state index in [9.17, 15) is 4.79 Å². The van der Waals surface area contributed by atoms with E-state index in [0.717, 1.165) is 70.3 Å². The second-order valence-corrected chi connectivity index (χ2v) is 6.80. The number of anilines is 1. The number of amides is 1. The van der Waals surface area contributed by atoms with Gasteiger partial charge in [0.05, 0.1) is 11.3 Å². The number of piperazine rings is 1. The normalized spacial score (nSPS) is 20.1. The van der Waals surface area contributed by atoms with Crippen LogP contribution >= 0.6 is 0 Å². The van der Waals surface area contributed by atoms with Gasteiger partial charge in [-0.3, -0.25) is 4.79 Å². The fraction of sp³-hybridized carbons (Fsp3) is 0.722. The quantitative estimate of drug-likeness (QED) is 0.847. The van der Waals surface area contributed by atoms with Gasteiger partial charge in [-0.25, -0.2) is 9.97 Å². The summed E-state index contributed by atoms with van der Waals surface area (Å²) in [5, 5.41) is 0. The molecule has 1 aromatic rings. The molecular formula is C18H29N5O. The molecule has 1 aromatic heterocycles. The van der Waals surface area contributed by atoms with Crippen LogP contribution < -0.4 is 4.90 Å². The van der Waals surface area contributed by atoms with Crippen LogP contribution in [0.4, 0.5) is 5.95 Å². The van der Waals surface area contributed by atoms with Gasteiger partial charge in [0.1, 0.15) is 0 Å². The van der Waals surface area contributed by atoms with Gasteiger partial charge in [-0.1, -0.05) is 19.8 Å². The monoisotopic (exact) mass is 331 g/mol. The molecule has 6 heteroatoms. The average Bonchev–Trinajstić information content (AvgIpc) is 2.90. The summed E-state index contributed by atoms with van der Waals surface area (Å²) in [7, 11) is 0. The summed E-state index contributed by atoms with van der Waals surface area (Å²) in [6.45, 7) is 10.9. The van der Waals surface area contributed by atoms with Crippen molar-refractivity contribution < 1.29 is 4.79 Å². The summed E-state index contributed by atoms with van der Waals surface area (Å²) >= 11 is 0. The summed E-state index contributed by atoms with van der Waals surface area (Å²) in [5.41, 5.74) is 1.46. The summed E-state index contributed by atoms with van der Waals surface area (Å²) in [6, 6.07) is 0. The largest absolute Gasteiger partial charge is 0.339 e. The van der Waals surface area contributed by atoms with Crippen LogP contribution in [0.5, 0.6) is 0 Å². The van der Waals surface area contributed by atoms with E-state index in [0.29, 0.717) is 5.56 Å². The van der Waals surface area contributed by atoms with Crippen LogP contribution in [0, 0.1) is 6.92 Å². The minimum atomic E-state index is 0.0942. The molecule has 3 heterocycles. The molecule has 2 saturated heterocycles. The lowest BCUT2D eigenvalue weighted by Crippen LogP contribution is -2.46. The number of carbonyl (C=O) groups excluding carboxylic acids is 1. The Kier molecular flexibility index (Phi) is 5.66. The minimum Gasteiger partial charge on any atom is -0.339 e. The third kappa shape index (κ3) is 3.86. The topological polar surface area (TPSA) is 52.6 Å². The molecule has 0 radical (unpaired) electrons. The molecule has 2 aliphatic heterocycles. The third-order valence-electron chi connectivity index (χ3n) is 5.19. The first-order valence-corrected chi connectivity index (χ1v) is 9.29. The zero-order valence-electron chi connectivity index (χ0n) is 15.0. The van der Waals surface area contributed by atoms with Gasteiger partial charge in [-0.2, -0.15) is 0 Å². The molecule has 132 valence electrons. The van der Waals surface area contributed by atoms with Gasteiger partial charge in [-0.05, 0) is 26.3 Å². The van der Waals surface area contributed by atoms with E-state index < -0.39 is 0 Å². The molecule has 0 N–H and O–H groups in total. The van der Waals surface area contributed by atoms with Crippen LogP contribution in [0.2, 0.25) is 0 Å². The van der Waals surface area contributed by atoms with Crippen LogP contribution in [-0.2, 0) is 0 Å². The van der Waals surface area contributed by atoms with Crippen LogP contribution in [0.25, 0.3) is 0 Å². The number of hydrogen-bond acceptors (Lipinski definition) is 5. The predicted octanol–water partition coefficient (Wildman–Crippen LogP) is 1.94. The molecule has 0 saturated carbocycles. The van der Waals surface area contributed by atoms with E-state index >= 15 is 0 Å². The zero-order valence-corrected chi connectivity index (χ0v) is 15.0. The molecule has 0 aliphatic carbocycles. The standard InChI is InChI=1S/C18H29N5O/c1-3-21-10-12-23(13-11-21)18-19-14-16(15(2)20-18)17(24)22-8-6-4-5-7-9-22/h14H,3-13H2,1-2H3. The maximum atomic E-state index is 12.8. The number of aryl methyl sites for hydroxylation is 1. The zero-order chi connectivity index (χ0) is 16.9. The number of likely N-dealkylation sites (N-methyl/N-ethyl adjacent to an activating group) is 1. The first kappa shape index (κ1) is 17.1. The molecule has 0 atom stereocenters. The number of nitrogens with zero attached hydrogens (tertiary/aromatic N) is 5. The molecule has 3 rings (SSSR count). The van der Waals surface area contributed by atoms with E-state index in [2.05, 4.69) is 26.7 Å². The molecule has 0 bridgehead atoms. The van der Waals surface area contributed by atoms with Crippen LogP contribution in [0.15, 0.2) is 6.20 Å². The van der Waals surface area contributed by atoms with Gasteiger partial charge in [-0.15, -0.1) is 0 Å². The average molecular weight is 331 g/mol. The molecular weight excluding hydrogens is 302 g/mol. The Labute approximate surface area is 144 Å². The summed E-state index contributed by atoms with van der Waals surface area (Å²) < 4.78 is 0. The maximum absolute atomic E-state index is 12.8. The SMILES string of the molecule is CCN1CCN(c2ncc(C(=O)N3CCCCCC3)c(C)n2)CC1. The van der Waals surface area contributed by atoms with Gasteiger partial charge < -0.3 is 14.7 Å². The summed E-state index contributed by atoms with van der Waals surface area (Å²) in [5.74, 6) is 0.854. The first-order valence-electron chi connectivity index (χ1n) is 9.29. The maximum Gasteiger partial charge on any atom is 0.257 e. The van der Waals surface area contributed by atoms with Gasteiger partial charge in [0, 0.05) is 45.5 Å². The predicted molar refractivity (Wildman–Crippen MR) is 95.5 cm³/mol. The Morgan fingerprint density at radius 3 is 2.29 bits per heavy atom. The Morgan fingerprint density at radius 2 is 1.71 bits per heavy atom. The van der Waals surface area contributed by atoms with E-state index in [4.69, 9.17) is 0 Å². The van der Waals surface area contributed by atoms with Gasteiger partial charge in [0.2, 0.25) is 5.95 Å². The molecule has 0 aromatic carbocycles. The third-order valence-corrected chi connectivity index (χ3v) is 5.19. The van der Waals surface area contributed by atoms with Crippen molar-refractivity contribution in [2.45, 2.75) is 39.5 Å². The lowest BCUT2D eigenvalue weighted by Gasteiger charge is -2.34. The molecule has 24 heavy (non-hydrogen) atoms. The van der Waals surface area contributed by atoms with Crippen molar-refractivity contribution in [3.05, 3.63) is 17.5 Å². The van der Waals surface area contributed by atoms with E-state index in [1.165, 1.54) is 12.8 Å². The molecule has 2 fully saturated rings. The fourth-order valence-electron chi connectivity index (χ4n) is 3.53. The first-order chi connectivity index (χ1) is 11.7. The van der Waals surface area contributed by atoms with Gasteiger partial charge in [0.15, 0.2) is 0 Å². The van der Waals surface area contributed by atoms with Crippen LogP contribution in [0.3, 0.4) is 0 Å². The highest BCUT2D eigenvalue weighted by molar-refractivity contribution is 5.95. The summed E-state index contributed by atoms with van der Waals surface area (Å²) in [6.07, 6.45) is 6.39. The Bertz CT molecular complexity index is 561. The Balaban J connectivity index is 1.69. The second kappa shape index (κ2) is 7.92. The smallest absolute Gasteiger partial charge is 0.257 e. The van der Waals surface area contributed by atoms with Crippen molar-refractivity contribution in [3.8, 4) is 0 Å². The Morgan fingerprint density at radius 1 is 1.04 bits per heavy atom. The van der Waals surface area contributed by atoms with Crippen molar-refractivity contribution in [3.63, 3.8) is 0 Å². The van der Waals surface area contributed by atoms with E-state index in [1.807, 2.05) is 11.8 Å². The number of likely N-dealkylation sites (tertiary alicyclic amines) is 1.